The number of phenolic OH excluding ortho intramolecular Hbond substituents is 2. The third-order valence-electron chi connectivity index (χ3n) is 4.24. The van der Waals surface area contributed by atoms with Crippen LogP contribution in [0.15, 0.2) is 30.3 Å². The molecule has 120 valence electrons. The Morgan fingerprint density at radius 2 is 1.87 bits per heavy atom. The van der Waals surface area contributed by atoms with Crippen molar-refractivity contribution in [1.82, 2.24) is 0 Å². The number of ketones is 1. The Morgan fingerprint density at radius 1 is 1.17 bits per heavy atom. The highest BCUT2D eigenvalue weighted by Crippen LogP contribution is 2.51. The lowest BCUT2D eigenvalue weighted by atomic mass is 9.88. The van der Waals surface area contributed by atoms with Crippen LogP contribution in [0.3, 0.4) is 0 Å². The van der Waals surface area contributed by atoms with E-state index in [2.05, 4.69) is 0 Å². The van der Waals surface area contributed by atoms with Gasteiger partial charge in [-0.15, -0.1) is 0 Å². The molecule has 5 heteroatoms. The molecule has 3 rings (SSSR count). The summed E-state index contributed by atoms with van der Waals surface area (Å²) < 4.78 is 11.1. The molecule has 1 aliphatic heterocycles. The lowest BCUT2D eigenvalue weighted by Crippen LogP contribution is -2.08. The molecule has 2 N–H and O–H groups in total. The smallest absolute Gasteiger partial charge is 0.166 e. The number of carbonyl (C=O) groups is 1. The van der Waals surface area contributed by atoms with Crippen LogP contribution in [0, 0.1) is 0 Å². The van der Waals surface area contributed by atoms with Crippen LogP contribution < -0.4 is 9.47 Å². The Hall–Kier alpha value is -2.69. The minimum absolute atomic E-state index is 0.0186. The normalized spacial score (nSPS) is 19.1. The number of aromatic hydroxyl groups is 2. The largest absolute Gasteiger partial charge is 0.504 e. The van der Waals surface area contributed by atoms with Crippen molar-refractivity contribution in [2.45, 2.75) is 25.9 Å². The molecule has 0 radical (unpaired) electrons. The molecule has 2 unspecified atom stereocenters. The Labute approximate surface area is 134 Å². The van der Waals surface area contributed by atoms with Gasteiger partial charge in [0.25, 0.3) is 0 Å². The lowest BCUT2D eigenvalue weighted by molar-refractivity contribution is 0.101. The molecular weight excluding hydrogens is 296 g/mol. The van der Waals surface area contributed by atoms with E-state index < -0.39 is 0 Å². The molecule has 0 amide bonds. The van der Waals surface area contributed by atoms with E-state index in [9.17, 15) is 15.0 Å². The molecule has 2 aromatic carbocycles. The molecule has 5 nitrogen and oxygen atoms in total. The van der Waals surface area contributed by atoms with Gasteiger partial charge in [-0.1, -0.05) is 13.0 Å². The Bertz CT molecular complexity index is 781. The van der Waals surface area contributed by atoms with Gasteiger partial charge in [0.05, 0.1) is 7.11 Å². The van der Waals surface area contributed by atoms with Gasteiger partial charge in [0.15, 0.2) is 28.8 Å². The van der Waals surface area contributed by atoms with Gasteiger partial charge < -0.3 is 19.7 Å². The van der Waals surface area contributed by atoms with Gasteiger partial charge in [-0.05, 0) is 36.8 Å². The Balaban J connectivity index is 2.07. The second-order valence-electron chi connectivity index (χ2n) is 5.69. The monoisotopic (exact) mass is 314 g/mol. The van der Waals surface area contributed by atoms with Crippen LogP contribution in [0.1, 0.15) is 47.4 Å². The maximum absolute atomic E-state index is 11.9. The van der Waals surface area contributed by atoms with Gasteiger partial charge >= 0.3 is 0 Å². The summed E-state index contributed by atoms with van der Waals surface area (Å²) >= 11 is 0. The highest BCUT2D eigenvalue weighted by atomic mass is 16.5. The molecule has 0 fully saturated rings. The van der Waals surface area contributed by atoms with Crippen molar-refractivity contribution in [3.8, 4) is 23.0 Å². The first-order chi connectivity index (χ1) is 10.9. The molecule has 0 bridgehead atoms. The van der Waals surface area contributed by atoms with Crippen molar-refractivity contribution in [3.05, 3.63) is 47.0 Å². The van der Waals surface area contributed by atoms with Gasteiger partial charge in [0, 0.05) is 17.0 Å². The standard InChI is InChI=1S/C18H18O5/c1-9-16-12(10(2)19)5-7-14(21)18(16)23-17(9)11-4-6-13(20)15(8-11)22-3/h4-9,17,20-21H,1-3H3. The third kappa shape index (κ3) is 2.38. The van der Waals surface area contributed by atoms with E-state index in [1.165, 1.54) is 20.1 Å². The zero-order valence-electron chi connectivity index (χ0n) is 13.2. The maximum Gasteiger partial charge on any atom is 0.166 e. The van der Waals surface area contributed by atoms with E-state index in [4.69, 9.17) is 9.47 Å². The minimum Gasteiger partial charge on any atom is -0.504 e. The van der Waals surface area contributed by atoms with Gasteiger partial charge in [0.2, 0.25) is 0 Å². The Morgan fingerprint density at radius 3 is 2.52 bits per heavy atom. The van der Waals surface area contributed by atoms with Crippen LogP contribution in [0.2, 0.25) is 0 Å². The molecule has 2 aromatic rings. The zero-order valence-corrected chi connectivity index (χ0v) is 13.2. The van der Waals surface area contributed by atoms with Gasteiger partial charge in [-0.2, -0.15) is 0 Å². The predicted molar refractivity (Wildman–Crippen MR) is 84.6 cm³/mol. The fourth-order valence-corrected chi connectivity index (χ4v) is 3.08. The first-order valence-corrected chi connectivity index (χ1v) is 7.34. The summed E-state index contributed by atoms with van der Waals surface area (Å²) in [5, 5.41) is 19.8. The SMILES string of the molecule is COc1cc(C2Oc3c(O)ccc(C(C)=O)c3C2C)ccc1O. The molecule has 0 aliphatic carbocycles. The molecular formula is C18H18O5. The van der Waals surface area contributed by atoms with Crippen molar-refractivity contribution in [1.29, 1.82) is 0 Å². The number of methoxy groups -OCH3 is 1. The number of carbonyl (C=O) groups excluding carboxylic acids is 1. The summed E-state index contributed by atoms with van der Waals surface area (Å²) in [6.07, 6.45) is -0.370. The highest BCUT2D eigenvalue weighted by Gasteiger charge is 2.37. The van der Waals surface area contributed by atoms with Crippen LogP contribution in [0.25, 0.3) is 0 Å². The first-order valence-electron chi connectivity index (χ1n) is 7.34. The average Bonchev–Trinajstić information content (AvgIpc) is 2.87. The van der Waals surface area contributed by atoms with E-state index in [1.54, 1.807) is 24.3 Å². The molecule has 1 aliphatic rings. The number of fused-ring (bicyclic) bond motifs is 1. The number of hydrogen-bond acceptors (Lipinski definition) is 5. The second kappa shape index (κ2) is 5.50. The number of rotatable bonds is 3. The lowest BCUT2D eigenvalue weighted by Gasteiger charge is -2.17. The van der Waals surface area contributed by atoms with Crippen LogP contribution in [0.5, 0.6) is 23.0 Å². The van der Waals surface area contributed by atoms with Gasteiger partial charge in [-0.3, -0.25) is 4.79 Å². The Kier molecular flexibility index (Phi) is 3.64. The molecule has 1 heterocycles. The van der Waals surface area contributed by atoms with Crippen molar-refractivity contribution >= 4 is 5.78 Å². The number of benzene rings is 2. The third-order valence-corrected chi connectivity index (χ3v) is 4.24. The summed E-state index contributed by atoms with van der Waals surface area (Å²) in [4.78, 5) is 11.9. The fourth-order valence-electron chi connectivity index (χ4n) is 3.08. The minimum atomic E-state index is -0.370. The van der Waals surface area contributed by atoms with Crippen molar-refractivity contribution in [2.24, 2.45) is 0 Å². The summed E-state index contributed by atoms with van der Waals surface area (Å²) in [6, 6.07) is 8.08. The van der Waals surface area contributed by atoms with Gasteiger partial charge in [-0.25, -0.2) is 0 Å². The molecule has 0 spiro atoms. The van der Waals surface area contributed by atoms with Crippen molar-refractivity contribution in [2.75, 3.05) is 7.11 Å². The fraction of sp³-hybridized carbons (Fsp3) is 0.278. The zero-order chi connectivity index (χ0) is 16.7. The molecule has 2 atom stereocenters. The van der Waals surface area contributed by atoms with E-state index in [0.29, 0.717) is 17.1 Å². The summed E-state index contributed by atoms with van der Waals surface area (Å²) in [5.74, 6) is 0.579. The quantitative estimate of drug-likeness (QED) is 0.847. The number of hydrogen-bond donors (Lipinski definition) is 2. The van der Waals surface area contributed by atoms with Crippen LogP contribution in [-0.4, -0.2) is 23.1 Å². The van der Waals surface area contributed by atoms with E-state index in [1.807, 2.05) is 6.92 Å². The van der Waals surface area contributed by atoms with Crippen LogP contribution >= 0.6 is 0 Å². The van der Waals surface area contributed by atoms with E-state index in [0.717, 1.165) is 11.1 Å². The molecule has 0 saturated carbocycles. The number of ether oxygens (including phenoxy) is 2. The van der Waals surface area contributed by atoms with E-state index in [-0.39, 0.29) is 29.3 Å². The predicted octanol–water partition coefficient (Wildman–Crippen LogP) is 3.55. The first kappa shape index (κ1) is 15.2. The number of phenols is 2. The van der Waals surface area contributed by atoms with Crippen molar-refractivity contribution < 1.29 is 24.5 Å². The summed E-state index contributed by atoms with van der Waals surface area (Å²) in [5.41, 5.74) is 2.07. The average molecular weight is 314 g/mol. The summed E-state index contributed by atoms with van der Waals surface area (Å²) in [6.45, 7) is 3.44. The molecule has 0 saturated heterocycles. The summed E-state index contributed by atoms with van der Waals surface area (Å²) in [7, 11) is 1.48. The molecule has 0 aromatic heterocycles. The molecule has 23 heavy (non-hydrogen) atoms. The second-order valence-corrected chi connectivity index (χ2v) is 5.69. The van der Waals surface area contributed by atoms with Gasteiger partial charge in [0.1, 0.15) is 6.10 Å². The van der Waals surface area contributed by atoms with E-state index >= 15 is 0 Å². The van der Waals surface area contributed by atoms with Crippen LogP contribution in [-0.2, 0) is 0 Å². The van der Waals surface area contributed by atoms with Crippen LogP contribution in [0.4, 0.5) is 0 Å². The number of Topliss-reactive ketones (excluding diaryl/α,β-unsaturated/α-hetero) is 1. The highest BCUT2D eigenvalue weighted by molar-refractivity contribution is 5.97. The maximum atomic E-state index is 11.9. The van der Waals surface area contributed by atoms with Crippen molar-refractivity contribution in [3.63, 3.8) is 0 Å². The topological polar surface area (TPSA) is 76.0 Å².